The van der Waals surface area contributed by atoms with Crippen LogP contribution in [0.15, 0.2) is 24.3 Å². The van der Waals surface area contributed by atoms with Gasteiger partial charge in [-0.15, -0.1) is 0 Å². The Balaban J connectivity index is 1.87. The average molecular weight is 262 g/mol. The van der Waals surface area contributed by atoms with Gasteiger partial charge in [-0.1, -0.05) is 0 Å². The van der Waals surface area contributed by atoms with E-state index in [-0.39, 0.29) is 6.10 Å². The van der Waals surface area contributed by atoms with E-state index < -0.39 is 5.91 Å². The second-order valence-electron chi connectivity index (χ2n) is 5.34. The van der Waals surface area contributed by atoms with E-state index in [1.54, 1.807) is 12.1 Å². The van der Waals surface area contributed by atoms with Gasteiger partial charge in [-0.05, 0) is 51.0 Å². The van der Waals surface area contributed by atoms with Crippen molar-refractivity contribution >= 4 is 5.91 Å². The summed E-state index contributed by atoms with van der Waals surface area (Å²) in [4.78, 5) is 13.4. The van der Waals surface area contributed by atoms with Gasteiger partial charge in [-0.25, -0.2) is 0 Å². The van der Waals surface area contributed by atoms with Crippen molar-refractivity contribution in [3.05, 3.63) is 29.8 Å². The van der Waals surface area contributed by atoms with Crippen molar-refractivity contribution in [2.45, 2.75) is 38.8 Å². The number of nitrogens with two attached hydrogens (primary N) is 1. The summed E-state index contributed by atoms with van der Waals surface area (Å²) in [6, 6.07) is 7.65. The van der Waals surface area contributed by atoms with Crippen molar-refractivity contribution in [2.75, 3.05) is 13.1 Å². The van der Waals surface area contributed by atoms with E-state index in [4.69, 9.17) is 10.5 Å². The van der Waals surface area contributed by atoms with Gasteiger partial charge >= 0.3 is 0 Å². The quantitative estimate of drug-likeness (QED) is 0.903. The summed E-state index contributed by atoms with van der Waals surface area (Å²) in [6.45, 7) is 6.62. The monoisotopic (exact) mass is 262 g/mol. The molecule has 4 nitrogen and oxygen atoms in total. The lowest BCUT2D eigenvalue weighted by Gasteiger charge is -2.34. The molecule has 0 radical (unpaired) electrons. The lowest BCUT2D eigenvalue weighted by Crippen LogP contribution is -2.41. The molecule has 104 valence electrons. The fourth-order valence-corrected chi connectivity index (χ4v) is 2.40. The van der Waals surface area contributed by atoms with Crippen molar-refractivity contribution in [3.8, 4) is 5.75 Å². The van der Waals surface area contributed by atoms with Crippen LogP contribution in [0.2, 0.25) is 0 Å². The summed E-state index contributed by atoms with van der Waals surface area (Å²) in [5.74, 6) is 0.407. The molecule has 1 aromatic rings. The maximum absolute atomic E-state index is 11.0. The number of benzene rings is 1. The Morgan fingerprint density at radius 2 is 1.84 bits per heavy atom. The van der Waals surface area contributed by atoms with Crippen LogP contribution < -0.4 is 10.5 Å². The number of likely N-dealkylation sites (tertiary alicyclic amines) is 1. The summed E-state index contributed by atoms with van der Waals surface area (Å²) >= 11 is 0. The summed E-state index contributed by atoms with van der Waals surface area (Å²) in [5, 5.41) is 0. The van der Waals surface area contributed by atoms with Gasteiger partial charge in [-0.2, -0.15) is 0 Å². The van der Waals surface area contributed by atoms with Crippen LogP contribution in [0.25, 0.3) is 0 Å². The van der Waals surface area contributed by atoms with Crippen LogP contribution in [0.5, 0.6) is 5.75 Å². The first-order valence-corrected chi connectivity index (χ1v) is 6.87. The molecular weight excluding hydrogens is 240 g/mol. The molecule has 0 spiro atoms. The van der Waals surface area contributed by atoms with Crippen LogP contribution in [0.4, 0.5) is 0 Å². The third kappa shape index (κ3) is 3.70. The normalized spacial score (nSPS) is 17.6. The number of carbonyl (C=O) groups excluding carboxylic acids is 1. The minimum atomic E-state index is -0.406. The van der Waals surface area contributed by atoms with Gasteiger partial charge in [0.2, 0.25) is 5.91 Å². The van der Waals surface area contributed by atoms with E-state index in [1.807, 2.05) is 12.1 Å². The third-order valence-electron chi connectivity index (χ3n) is 3.65. The summed E-state index contributed by atoms with van der Waals surface area (Å²) in [6.07, 6.45) is 2.38. The van der Waals surface area contributed by atoms with E-state index >= 15 is 0 Å². The fourth-order valence-electron chi connectivity index (χ4n) is 2.40. The molecule has 0 bridgehead atoms. The standard InChI is InChI=1S/C15H22N2O2/c1-11(2)17-9-7-14(8-10-17)19-13-5-3-12(4-6-13)15(16)18/h3-6,11,14H,7-10H2,1-2H3,(H2,16,18). The Morgan fingerprint density at radius 1 is 1.26 bits per heavy atom. The molecule has 19 heavy (non-hydrogen) atoms. The van der Waals surface area contributed by atoms with Crippen LogP contribution in [0.3, 0.4) is 0 Å². The van der Waals surface area contributed by atoms with Gasteiger partial charge in [0.05, 0.1) is 0 Å². The zero-order chi connectivity index (χ0) is 13.8. The highest BCUT2D eigenvalue weighted by Gasteiger charge is 2.21. The first-order chi connectivity index (χ1) is 9.06. The van der Waals surface area contributed by atoms with E-state index in [1.165, 1.54) is 0 Å². The molecule has 1 saturated heterocycles. The predicted molar refractivity (Wildman–Crippen MR) is 75.3 cm³/mol. The van der Waals surface area contributed by atoms with Crippen LogP contribution >= 0.6 is 0 Å². The predicted octanol–water partition coefficient (Wildman–Crippen LogP) is 2.04. The number of nitrogens with zero attached hydrogens (tertiary/aromatic N) is 1. The zero-order valence-electron chi connectivity index (χ0n) is 11.6. The Kier molecular flexibility index (Phi) is 4.43. The van der Waals surface area contributed by atoms with Gasteiger partial charge < -0.3 is 15.4 Å². The van der Waals surface area contributed by atoms with Crippen LogP contribution in [0.1, 0.15) is 37.0 Å². The van der Waals surface area contributed by atoms with E-state index in [9.17, 15) is 4.79 Å². The fraction of sp³-hybridized carbons (Fsp3) is 0.533. The summed E-state index contributed by atoms with van der Waals surface area (Å²) < 4.78 is 5.94. The van der Waals surface area contributed by atoms with E-state index in [0.717, 1.165) is 31.7 Å². The van der Waals surface area contributed by atoms with Crippen LogP contribution in [-0.4, -0.2) is 36.0 Å². The number of hydrogen-bond donors (Lipinski definition) is 1. The summed E-state index contributed by atoms with van der Waals surface area (Å²) in [5.41, 5.74) is 5.72. The second kappa shape index (κ2) is 6.06. The first-order valence-electron chi connectivity index (χ1n) is 6.87. The SMILES string of the molecule is CC(C)N1CCC(Oc2ccc(C(N)=O)cc2)CC1. The molecule has 0 atom stereocenters. The first kappa shape index (κ1) is 13.9. The molecule has 1 amide bonds. The molecule has 0 saturated carbocycles. The maximum atomic E-state index is 11.0. The molecule has 0 unspecified atom stereocenters. The number of ether oxygens (including phenoxy) is 1. The van der Waals surface area contributed by atoms with Gasteiger partial charge in [-0.3, -0.25) is 4.79 Å². The zero-order valence-corrected chi connectivity index (χ0v) is 11.6. The third-order valence-corrected chi connectivity index (χ3v) is 3.65. The van der Waals surface area contributed by atoms with Gasteiger partial charge in [0.25, 0.3) is 0 Å². The molecule has 1 fully saturated rings. The molecule has 1 aromatic carbocycles. The van der Waals surface area contributed by atoms with Crippen molar-refractivity contribution in [1.29, 1.82) is 0 Å². The molecule has 4 heteroatoms. The lowest BCUT2D eigenvalue weighted by atomic mass is 10.1. The molecule has 1 aliphatic heterocycles. The number of amides is 1. The van der Waals surface area contributed by atoms with Gasteiger partial charge in [0.15, 0.2) is 0 Å². The average Bonchev–Trinajstić information content (AvgIpc) is 2.40. The van der Waals surface area contributed by atoms with Gasteiger partial charge in [0.1, 0.15) is 11.9 Å². The molecule has 0 aromatic heterocycles. The molecule has 2 N–H and O–H groups in total. The van der Waals surface area contributed by atoms with E-state index in [0.29, 0.717) is 11.6 Å². The highest BCUT2D eigenvalue weighted by Crippen LogP contribution is 2.20. The Labute approximate surface area is 114 Å². The molecule has 0 aliphatic carbocycles. The second-order valence-corrected chi connectivity index (χ2v) is 5.34. The van der Waals surface area contributed by atoms with Crippen LogP contribution in [0, 0.1) is 0 Å². The highest BCUT2D eigenvalue weighted by molar-refractivity contribution is 5.92. The van der Waals surface area contributed by atoms with Crippen molar-refractivity contribution < 1.29 is 9.53 Å². The maximum Gasteiger partial charge on any atom is 0.248 e. The number of rotatable bonds is 4. The number of carbonyl (C=O) groups is 1. The number of piperidine rings is 1. The minimum absolute atomic E-state index is 0.273. The lowest BCUT2D eigenvalue weighted by molar-refractivity contribution is 0.0843. The minimum Gasteiger partial charge on any atom is -0.490 e. The van der Waals surface area contributed by atoms with Crippen molar-refractivity contribution in [3.63, 3.8) is 0 Å². The number of hydrogen-bond acceptors (Lipinski definition) is 3. The number of primary amides is 1. The van der Waals surface area contributed by atoms with E-state index in [2.05, 4.69) is 18.7 Å². The Bertz CT molecular complexity index is 420. The van der Waals surface area contributed by atoms with Crippen molar-refractivity contribution in [1.82, 2.24) is 4.90 Å². The molecule has 1 aliphatic rings. The smallest absolute Gasteiger partial charge is 0.248 e. The molecule has 1 heterocycles. The van der Waals surface area contributed by atoms with Crippen LogP contribution in [-0.2, 0) is 0 Å². The Hall–Kier alpha value is -1.55. The largest absolute Gasteiger partial charge is 0.490 e. The van der Waals surface area contributed by atoms with Gasteiger partial charge in [0, 0.05) is 24.7 Å². The molecule has 2 rings (SSSR count). The summed E-state index contributed by atoms with van der Waals surface area (Å²) in [7, 11) is 0. The van der Waals surface area contributed by atoms with Crippen molar-refractivity contribution in [2.24, 2.45) is 5.73 Å². The molecular formula is C15H22N2O2. The topological polar surface area (TPSA) is 55.6 Å². The highest BCUT2D eigenvalue weighted by atomic mass is 16.5. The Morgan fingerprint density at radius 3 is 2.32 bits per heavy atom.